The van der Waals surface area contributed by atoms with Crippen LogP contribution in [0.4, 0.5) is 0 Å². The Morgan fingerprint density at radius 3 is 2.63 bits per heavy atom. The highest BCUT2D eigenvalue weighted by Gasteiger charge is 2.33. The predicted molar refractivity (Wildman–Crippen MR) is 68.9 cm³/mol. The van der Waals surface area contributed by atoms with Crippen LogP contribution in [0.15, 0.2) is 18.2 Å². The van der Waals surface area contributed by atoms with Gasteiger partial charge in [-0.2, -0.15) is 0 Å². The number of carbonyl (C=O) groups is 3. The molecule has 0 bridgehead atoms. The molecule has 0 saturated heterocycles. The lowest BCUT2D eigenvalue weighted by atomic mass is 10.1. The van der Waals surface area contributed by atoms with Gasteiger partial charge in [-0.3, -0.25) is 19.3 Å². The lowest BCUT2D eigenvalue weighted by molar-refractivity contribution is 0.0693. The van der Waals surface area contributed by atoms with Gasteiger partial charge in [-0.25, -0.2) is 0 Å². The minimum atomic E-state index is -0.378. The third kappa shape index (κ3) is 2.34. The number of nitrogens with one attached hydrogen (secondary N) is 1. The molecule has 1 aliphatic heterocycles. The largest absolute Gasteiger partial charge is 0.352 e. The van der Waals surface area contributed by atoms with Crippen molar-refractivity contribution in [3.8, 4) is 0 Å². The molecule has 0 atom stereocenters. The van der Waals surface area contributed by atoms with Crippen LogP contribution in [0.25, 0.3) is 0 Å². The second-order valence-electron chi connectivity index (χ2n) is 4.33. The Bertz CT molecular complexity index is 554. The van der Waals surface area contributed by atoms with Crippen LogP contribution in [-0.4, -0.2) is 42.8 Å². The van der Waals surface area contributed by atoms with Gasteiger partial charge in [-0.15, -0.1) is 0 Å². The maximum Gasteiger partial charge on any atom is 0.261 e. The summed E-state index contributed by atoms with van der Waals surface area (Å²) in [6.45, 7) is 0.988. The third-order valence-electron chi connectivity index (χ3n) is 3.02. The Balaban J connectivity index is 2.21. The maximum absolute atomic E-state index is 11.8. The number of fused-ring (bicyclic) bond motifs is 1. The third-order valence-corrected chi connectivity index (χ3v) is 3.02. The first-order chi connectivity index (χ1) is 9.06. The number of benzene rings is 1. The van der Waals surface area contributed by atoms with Crippen molar-refractivity contribution in [3.05, 3.63) is 34.9 Å². The van der Waals surface area contributed by atoms with E-state index in [1.807, 2.05) is 0 Å². The van der Waals surface area contributed by atoms with E-state index in [4.69, 9.17) is 5.73 Å². The van der Waals surface area contributed by atoms with Gasteiger partial charge in [0.2, 0.25) is 0 Å². The molecule has 3 N–H and O–H groups in total. The molecular formula is C13H15N3O3. The van der Waals surface area contributed by atoms with Gasteiger partial charge in [0.05, 0.1) is 11.1 Å². The first kappa shape index (κ1) is 13.2. The van der Waals surface area contributed by atoms with E-state index in [0.29, 0.717) is 30.6 Å². The van der Waals surface area contributed by atoms with Crippen molar-refractivity contribution < 1.29 is 14.4 Å². The van der Waals surface area contributed by atoms with Crippen LogP contribution in [-0.2, 0) is 0 Å². The van der Waals surface area contributed by atoms with Crippen LogP contribution in [0.3, 0.4) is 0 Å². The molecule has 2 rings (SSSR count). The zero-order chi connectivity index (χ0) is 14.0. The molecule has 0 spiro atoms. The average molecular weight is 261 g/mol. The second-order valence-corrected chi connectivity index (χ2v) is 4.33. The number of imide groups is 1. The fourth-order valence-electron chi connectivity index (χ4n) is 1.91. The number of rotatable bonds is 4. The smallest absolute Gasteiger partial charge is 0.261 e. The number of hydrogen-bond acceptors (Lipinski definition) is 4. The van der Waals surface area contributed by atoms with Gasteiger partial charge >= 0.3 is 0 Å². The van der Waals surface area contributed by atoms with E-state index in [9.17, 15) is 14.4 Å². The van der Waals surface area contributed by atoms with Crippen LogP contribution in [0.5, 0.6) is 0 Å². The predicted octanol–water partition coefficient (Wildman–Crippen LogP) is -0.00900. The summed E-state index contributed by atoms with van der Waals surface area (Å²) in [7, 11) is 1.42. The van der Waals surface area contributed by atoms with E-state index in [1.165, 1.54) is 19.2 Å². The van der Waals surface area contributed by atoms with Crippen LogP contribution in [0, 0.1) is 0 Å². The molecule has 19 heavy (non-hydrogen) atoms. The van der Waals surface area contributed by atoms with Gasteiger partial charge in [0.25, 0.3) is 17.7 Å². The molecule has 6 heteroatoms. The van der Waals surface area contributed by atoms with Crippen molar-refractivity contribution in [1.29, 1.82) is 0 Å². The topological polar surface area (TPSA) is 92.5 Å². The van der Waals surface area contributed by atoms with Crippen molar-refractivity contribution in [2.24, 2.45) is 5.73 Å². The Morgan fingerprint density at radius 2 is 1.95 bits per heavy atom. The van der Waals surface area contributed by atoms with Crippen LogP contribution in [0.1, 0.15) is 37.5 Å². The Morgan fingerprint density at radius 1 is 1.26 bits per heavy atom. The number of hydrogen-bond donors (Lipinski definition) is 2. The zero-order valence-electron chi connectivity index (χ0n) is 10.6. The summed E-state index contributed by atoms with van der Waals surface area (Å²) in [5.41, 5.74) is 6.32. The normalized spacial score (nSPS) is 13.7. The van der Waals surface area contributed by atoms with Gasteiger partial charge in [0.1, 0.15) is 0 Å². The molecule has 0 aliphatic carbocycles. The van der Waals surface area contributed by atoms with Crippen LogP contribution < -0.4 is 11.1 Å². The highest BCUT2D eigenvalue weighted by atomic mass is 16.2. The lowest BCUT2D eigenvalue weighted by Gasteiger charge is -2.05. The summed E-state index contributed by atoms with van der Waals surface area (Å²) in [5.74, 6) is -0.988. The molecule has 100 valence electrons. The van der Waals surface area contributed by atoms with E-state index in [0.717, 1.165) is 4.90 Å². The van der Waals surface area contributed by atoms with Gasteiger partial charge in [0.15, 0.2) is 0 Å². The summed E-state index contributed by atoms with van der Waals surface area (Å²) in [6, 6.07) is 4.51. The second kappa shape index (κ2) is 5.19. The van der Waals surface area contributed by atoms with Crippen molar-refractivity contribution >= 4 is 17.7 Å². The van der Waals surface area contributed by atoms with Crippen molar-refractivity contribution in [2.75, 3.05) is 20.1 Å². The molecule has 1 heterocycles. The van der Waals surface area contributed by atoms with E-state index in [-0.39, 0.29) is 23.3 Å². The molecule has 0 aromatic heterocycles. The first-order valence-corrected chi connectivity index (χ1v) is 6.01. The van der Waals surface area contributed by atoms with Crippen LogP contribution in [0.2, 0.25) is 0 Å². The zero-order valence-corrected chi connectivity index (χ0v) is 10.6. The number of carbonyl (C=O) groups excluding carboxylic acids is 3. The quantitative estimate of drug-likeness (QED) is 0.589. The maximum atomic E-state index is 11.8. The molecule has 3 amide bonds. The average Bonchev–Trinajstić information content (AvgIpc) is 2.64. The number of nitrogens with zero attached hydrogens (tertiary/aromatic N) is 1. The van der Waals surface area contributed by atoms with Crippen molar-refractivity contribution in [2.45, 2.75) is 6.42 Å². The Hall–Kier alpha value is -2.21. The number of amides is 3. The van der Waals surface area contributed by atoms with Gasteiger partial charge in [0, 0.05) is 19.2 Å². The monoisotopic (exact) mass is 261 g/mol. The molecule has 1 aromatic carbocycles. The highest BCUT2D eigenvalue weighted by Crippen LogP contribution is 2.22. The summed E-state index contributed by atoms with van der Waals surface area (Å²) < 4.78 is 0. The fraction of sp³-hybridized carbons (Fsp3) is 0.308. The molecule has 0 unspecified atom stereocenters. The molecule has 0 radical (unpaired) electrons. The molecule has 0 saturated carbocycles. The van der Waals surface area contributed by atoms with Gasteiger partial charge in [-0.1, -0.05) is 0 Å². The minimum Gasteiger partial charge on any atom is -0.352 e. The first-order valence-electron chi connectivity index (χ1n) is 6.01. The van der Waals surface area contributed by atoms with E-state index < -0.39 is 0 Å². The Labute approximate surface area is 110 Å². The van der Waals surface area contributed by atoms with E-state index in [2.05, 4.69) is 5.32 Å². The van der Waals surface area contributed by atoms with Crippen LogP contribution >= 0.6 is 0 Å². The Kier molecular flexibility index (Phi) is 3.62. The molecule has 0 fully saturated rings. The van der Waals surface area contributed by atoms with E-state index >= 15 is 0 Å². The van der Waals surface area contributed by atoms with Gasteiger partial charge in [-0.05, 0) is 31.2 Å². The highest BCUT2D eigenvalue weighted by molar-refractivity contribution is 6.21. The molecule has 6 nitrogen and oxygen atoms in total. The molecule has 1 aliphatic rings. The summed E-state index contributed by atoms with van der Waals surface area (Å²) in [5, 5.41) is 2.70. The molecule has 1 aromatic rings. The van der Waals surface area contributed by atoms with Crippen molar-refractivity contribution in [3.63, 3.8) is 0 Å². The van der Waals surface area contributed by atoms with Gasteiger partial charge < -0.3 is 11.1 Å². The lowest BCUT2D eigenvalue weighted by Crippen LogP contribution is -2.26. The summed E-state index contributed by atoms with van der Waals surface area (Å²) in [4.78, 5) is 36.4. The molecular weight excluding hydrogens is 246 g/mol. The SMILES string of the molecule is CN1C(=O)c2ccc(C(=O)NCCCN)cc2C1=O. The number of nitrogens with two attached hydrogens (primary N) is 1. The summed E-state index contributed by atoms with van der Waals surface area (Å²) in [6.07, 6.45) is 0.691. The fourth-order valence-corrected chi connectivity index (χ4v) is 1.91. The van der Waals surface area contributed by atoms with E-state index in [1.54, 1.807) is 6.07 Å². The minimum absolute atomic E-state index is 0.272. The van der Waals surface area contributed by atoms with Crippen molar-refractivity contribution in [1.82, 2.24) is 10.2 Å². The standard InChI is InChI=1S/C13H15N3O3/c1-16-12(18)9-4-3-8(7-10(9)13(16)19)11(17)15-6-2-5-14/h3-4,7H,2,5-6,14H2,1H3,(H,15,17). The summed E-state index contributed by atoms with van der Waals surface area (Å²) >= 11 is 0.